The molecule has 0 bridgehead atoms. The molecule has 0 aromatic heterocycles. The van der Waals surface area contributed by atoms with E-state index >= 15 is 0 Å². The Kier molecular flexibility index (Phi) is 6.97. The summed E-state index contributed by atoms with van der Waals surface area (Å²) >= 11 is 0. The van der Waals surface area contributed by atoms with Crippen LogP contribution in [0.15, 0.2) is 11.8 Å². The molecule has 0 heterocycles. The Labute approximate surface area is 95.5 Å². The van der Waals surface area contributed by atoms with Crippen LogP contribution < -0.4 is 0 Å². The molecule has 0 unspecified atom stereocenters. The summed E-state index contributed by atoms with van der Waals surface area (Å²) < 4.78 is 11.2. The van der Waals surface area contributed by atoms with Crippen LogP contribution in [0.4, 0.5) is 0 Å². The average molecular weight is 228 g/mol. The molecule has 0 aromatic carbocycles. The maximum absolute atomic E-state index is 5.60. The van der Waals surface area contributed by atoms with Crippen molar-refractivity contribution in [2.24, 2.45) is 5.92 Å². The van der Waals surface area contributed by atoms with Gasteiger partial charge in [-0.2, -0.15) is 0 Å². The Balaban J connectivity index is 2.30. The van der Waals surface area contributed by atoms with Gasteiger partial charge in [0, 0.05) is 13.2 Å². The van der Waals surface area contributed by atoms with E-state index in [9.17, 15) is 0 Å². The van der Waals surface area contributed by atoms with Crippen LogP contribution >= 0.6 is 0 Å². The molecule has 1 aliphatic rings. The van der Waals surface area contributed by atoms with Crippen molar-refractivity contribution in [1.82, 2.24) is 0 Å². The molecule has 15 heavy (non-hydrogen) atoms. The second-order valence-corrected chi connectivity index (χ2v) is 5.85. The van der Waals surface area contributed by atoms with Gasteiger partial charge in [0.1, 0.15) is 0 Å². The van der Waals surface area contributed by atoms with Crippen LogP contribution in [-0.2, 0) is 8.85 Å². The highest BCUT2D eigenvalue weighted by atomic mass is 28.3. The quantitative estimate of drug-likeness (QED) is 0.651. The van der Waals surface area contributed by atoms with E-state index in [0.717, 1.165) is 19.1 Å². The Morgan fingerprint density at radius 2 is 1.67 bits per heavy atom. The molecule has 1 saturated carbocycles. The summed E-state index contributed by atoms with van der Waals surface area (Å²) in [5.41, 5.74) is 2.23. The fourth-order valence-electron chi connectivity index (χ4n) is 2.06. The van der Waals surface area contributed by atoms with Crippen LogP contribution in [0.1, 0.15) is 46.0 Å². The average Bonchev–Trinajstić information content (AvgIpc) is 2.28. The lowest BCUT2D eigenvalue weighted by molar-refractivity contribution is 0.224. The van der Waals surface area contributed by atoms with Crippen LogP contribution in [0.25, 0.3) is 0 Å². The van der Waals surface area contributed by atoms with Gasteiger partial charge in [-0.25, -0.2) is 0 Å². The molecular formula is C12H24O2Si. The van der Waals surface area contributed by atoms with Crippen molar-refractivity contribution in [3.8, 4) is 0 Å². The van der Waals surface area contributed by atoms with Crippen LogP contribution in [-0.4, -0.2) is 22.5 Å². The topological polar surface area (TPSA) is 18.5 Å². The summed E-state index contributed by atoms with van der Waals surface area (Å²) in [5, 5.41) is 0. The minimum Gasteiger partial charge on any atom is -0.394 e. The maximum Gasteiger partial charge on any atom is 0.348 e. The van der Waals surface area contributed by atoms with Gasteiger partial charge in [-0.15, -0.1) is 0 Å². The largest absolute Gasteiger partial charge is 0.394 e. The molecule has 1 aliphatic carbocycles. The molecular weight excluding hydrogens is 204 g/mol. The molecule has 1 fully saturated rings. The summed E-state index contributed by atoms with van der Waals surface area (Å²) in [6, 6.07) is 0. The molecule has 2 nitrogen and oxygen atoms in total. The van der Waals surface area contributed by atoms with Gasteiger partial charge in [-0.05, 0) is 38.3 Å². The van der Waals surface area contributed by atoms with E-state index in [4.69, 9.17) is 8.85 Å². The van der Waals surface area contributed by atoms with Crippen LogP contribution in [0.5, 0.6) is 0 Å². The van der Waals surface area contributed by atoms with E-state index in [1.165, 1.54) is 32.1 Å². The standard InChI is InChI=1S/C12H24O2Si/c1-3-13-15(14-4-2)11-10-12-8-6-5-7-9-12/h10-12,15H,3-9H2,1-2H3. The van der Waals surface area contributed by atoms with Gasteiger partial charge in [0.25, 0.3) is 0 Å². The number of hydrogen-bond donors (Lipinski definition) is 0. The first kappa shape index (κ1) is 12.9. The minimum atomic E-state index is -1.49. The third-order valence-corrected chi connectivity index (χ3v) is 4.71. The van der Waals surface area contributed by atoms with E-state index < -0.39 is 9.28 Å². The molecule has 0 aromatic rings. The van der Waals surface area contributed by atoms with Crippen molar-refractivity contribution in [1.29, 1.82) is 0 Å². The molecule has 0 amide bonds. The van der Waals surface area contributed by atoms with Crippen molar-refractivity contribution in [2.75, 3.05) is 13.2 Å². The lowest BCUT2D eigenvalue weighted by Crippen LogP contribution is -2.21. The third-order valence-electron chi connectivity index (χ3n) is 2.85. The lowest BCUT2D eigenvalue weighted by Gasteiger charge is -2.18. The number of rotatable bonds is 6. The molecule has 0 N–H and O–H groups in total. The maximum atomic E-state index is 5.60. The fraction of sp³-hybridized carbons (Fsp3) is 0.833. The van der Waals surface area contributed by atoms with Crippen molar-refractivity contribution in [3.63, 3.8) is 0 Å². The monoisotopic (exact) mass is 228 g/mol. The fourth-order valence-corrected chi connectivity index (χ4v) is 3.53. The van der Waals surface area contributed by atoms with Crippen molar-refractivity contribution >= 4 is 9.28 Å². The highest BCUT2D eigenvalue weighted by Gasteiger charge is 2.12. The highest BCUT2D eigenvalue weighted by molar-refractivity contribution is 6.50. The Hall–Kier alpha value is -0.123. The van der Waals surface area contributed by atoms with E-state index in [1.807, 2.05) is 13.8 Å². The summed E-state index contributed by atoms with van der Waals surface area (Å²) in [5.74, 6) is 0.787. The Morgan fingerprint density at radius 3 is 2.20 bits per heavy atom. The zero-order valence-corrected chi connectivity index (χ0v) is 11.2. The summed E-state index contributed by atoms with van der Waals surface area (Å²) in [6.07, 6.45) is 9.27. The van der Waals surface area contributed by atoms with Crippen LogP contribution in [0.3, 0.4) is 0 Å². The lowest BCUT2D eigenvalue weighted by atomic mass is 9.90. The molecule has 1 rings (SSSR count). The van der Waals surface area contributed by atoms with E-state index in [0.29, 0.717) is 0 Å². The zero-order chi connectivity index (χ0) is 10.9. The van der Waals surface area contributed by atoms with E-state index in [2.05, 4.69) is 11.8 Å². The molecule has 0 aliphatic heterocycles. The van der Waals surface area contributed by atoms with Crippen molar-refractivity contribution < 1.29 is 8.85 Å². The molecule has 0 radical (unpaired) electrons. The second kappa shape index (κ2) is 8.08. The first-order chi connectivity index (χ1) is 7.36. The SMILES string of the molecule is CCO[SiH](C=CC1CCCCC1)OCC. The molecule has 88 valence electrons. The van der Waals surface area contributed by atoms with Crippen molar-refractivity contribution in [3.05, 3.63) is 11.8 Å². The highest BCUT2D eigenvalue weighted by Crippen LogP contribution is 2.24. The van der Waals surface area contributed by atoms with Gasteiger partial charge in [-0.3, -0.25) is 0 Å². The van der Waals surface area contributed by atoms with Gasteiger partial charge < -0.3 is 8.85 Å². The first-order valence-electron chi connectivity index (χ1n) is 6.28. The van der Waals surface area contributed by atoms with Crippen molar-refractivity contribution in [2.45, 2.75) is 46.0 Å². The number of allylic oxidation sites excluding steroid dienone is 1. The Morgan fingerprint density at radius 1 is 1.07 bits per heavy atom. The van der Waals surface area contributed by atoms with Gasteiger partial charge in [0.15, 0.2) is 0 Å². The predicted molar refractivity (Wildman–Crippen MR) is 66.1 cm³/mol. The molecule has 0 atom stereocenters. The van der Waals surface area contributed by atoms with Gasteiger partial charge in [0.2, 0.25) is 0 Å². The summed E-state index contributed by atoms with van der Waals surface area (Å²) in [6.45, 7) is 5.61. The molecule has 3 heteroatoms. The summed E-state index contributed by atoms with van der Waals surface area (Å²) in [4.78, 5) is 0. The predicted octanol–water partition coefficient (Wildman–Crippen LogP) is 2.96. The normalized spacial score (nSPS) is 19.1. The second-order valence-electron chi connectivity index (χ2n) is 4.06. The van der Waals surface area contributed by atoms with Gasteiger partial charge in [-0.1, -0.05) is 25.3 Å². The smallest absolute Gasteiger partial charge is 0.348 e. The zero-order valence-electron chi connectivity index (χ0n) is 10.1. The van der Waals surface area contributed by atoms with Gasteiger partial charge in [0.05, 0.1) is 0 Å². The molecule has 0 saturated heterocycles. The minimum absolute atomic E-state index is 0.770. The van der Waals surface area contributed by atoms with Gasteiger partial charge >= 0.3 is 9.28 Å². The number of hydrogen-bond acceptors (Lipinski definition) is 2. The van der Waals surface area contributed by atoms with Crippen LogP contribution in [0, 0.1) is 5.92 Å². The Bertz CT molecular complexity index is 170. The van der Waals surface area contributed by atoms with E-state index in [1.54, 1.807) is 0 Å². The summed E-state index contributed by atoms with van der Waals surface area (Å²) in [7, 11) is -1.49. The third kappa shape index (κ3) is 5.49. The molecule has 0 spiro atoms. The van der Waals surface area contributed by atoms with E-state index in [-0.39, 0.29) is 0 Å². The first-order valence-corrected chi connectivity index (χ1v) is 7.89. The van der Waals surface area contributed by atoms with Crippen LogP contribution in [0.2, 0.25) is 0 Å².